The SMILES string of the molecule is C1=C[C@H]2C[C@@H]1c1c(-c3ccncc3)[nH]c(-c3ccncc3)c12. The third-order valence-electron chi connectivity index (χ3n) is 4.84. The van der Waals surface area contributed by atoms with Crippen LogP contribution in [0.25, 0.3) is 22.5 Å². The Hall–Kier alpha value is -2.68. The van der Waals surface area contributed by atoms with Gasteiger partial charge in [0.25, 0.3) is 0 Å². The molecule has 0 aromatic carbocycles. The Bertz CT molecular complexity index is 792. The number of hydrogen-bond donors (Lipinski definition) is 1. The number of rotatable bonds is 2. The summed E-state index contributed by atoms with van der Waals surface area (Å²) in [6.07, 6.45) is 13.4. The summed E-state index contributed by atoms with van der Waals surface area (Å²) in [5.74, 6) is 1.10. The highest BCUT2D eigenvalue weighted by molar-refractivity contribution is 5.79. The van der Waals surface area contributed by atoms with Crippen molar-refractivity contribution in [1.29, 1.82) is 0 Å². The number of aromatic nitrogens is 3. The number of nitrogens with one attached hydrogen (secondary N) is 1. The van der Waals surface area contributed by atoms with E-state index >= 15 is 0 Å². The number of aromatic amines is 1. The summed E-state index contributed by atoms with van der Waals surface area (Å²) in [6, 6.07) is 8.33. The van der Waals surface area contributed by atoms with E-state index in [1.165, 1.54) is 40.1 Å². The number of fused-ring (bicyclic) bond motifs is 5. The summed E-state index contributed by atoms with van der Waals surface area (Å²) in [4.78, 5) is 12.0. The van der Waals surface area contributed by atoms with E-state index in [-0.39, 0.29) is 0 Å². The Labute approximate surface area is 128 Å². The lowest BCUT2D eigenvalue weighted by atomic mass is 9.94. The molecule has 2 atom stereocenters. The van der Waals surface area contributed by atoms with Gasteiger partial charge in [-0.3, -0.25) is 9.97 Å². The lowest BCUT2D eigenvalue weighted by molar-refractivity contribution is 0.799. The molecule has 2 bridgehead atoms. The molecule has 106 valence electrons. The number of nitrogens with zero attached hydrogens (tertiary/aromatic N) is 2. The maximum atomic E-state index is 4.14. The molecule has 5 rings (SSSR count). The molecule has 22 heavy (non-hydrogen) atoms. The van der Waals surface area contributed by atoms with Gasteiger partial charge in [-0.15, -0.1) is 0 Å². The molecule has 0 unspecified atom stereocenters. The quantitative estimate of drug-likeness (QED) is 0.714. The highest BCUT2D eigenvalue weighted by Crippen LogP contribution is 2.55. The second-order valence-electron chi connectivity index (χ2n) is 6.01. The monoisotopic (exact) mass is 285 g/mol. The maximum absolute atomic E-state index is 4.14. The molecule has 2 aliphatic rings. The van der Waals surface area contributed by atoms with Crippen molar-refractivity contribution in [3.63, 3.8) is 0 Å². The zero-order valence-electron chi connectivity index (χ0n) is 12.0. The van der Waals surface area contributed by atoms with E-state index in [1.807, 2.05) is 24.8 Å². The van der Waals surface area contributed by atoms with Gasteiger partial charge in [-0.05, 0) is 41.8 Å². The third-order valence-corrected chi connectivity index (χ3v) is 4.84. The Morgan fingerprint density at radius 1 is 0.727 bits per heavy atom. The number of allylic oxidation sites excluding steroid dienone is 2. The van der Waals surface area contributed by atoms with Gasteiger partial charge in [0, 0.05) is 47.8 Å². The minimum atomic E-state index is 0.551. The van der Waals surface area contributed by atoms with Crippen LogP contribution in [0.2, 0.25) is 0 Å². The Morgan fingerprint density at radius 3 is 1.64 bits per heavy atom. The number of hydrogen-bond acceptors (Lipinski definition) is 2. The highest BCUT2D eigenvalue weighted by atomic mass is 14.8. The van der Waals surface area contributed by atoms with Gasteiger partial charge in [-0.2, -0.15) is 0 Å². The fourth-order valence-corrected chi connectivity index (χ4v) is 3.92. The second-order valence-corrected chi connectivity index (χ2v) is 6.01. The average Bonchev–Trinajstić information content (AvgIpc) is 3.29. The van der Waals surface area contributed by atoms with E-state index in [9.17, 15) is 0 Å². The molecule has 0 saturated carbocycles. The number of pyridine rings is 2. The molecule has 3 heterocycles. The second kappa shape index (κ2) is 4.41. The first-order chi connectivity index (χ1) is 10.9. The molecule has 3 aromatic heterocycles. The van der Waals surface area contributed by atoms with Crippen molar-refractivity contribution in [2.45, 2.75) is 18.3 Å². The van der Waals surface area contributed by atoms with E-state index in [0.29, 0.717) is 11.8 Å². The van der Waals surface area contributed by atoms with Gasteiger partial charge >= 0.3 is 0 Å². The van der Waals surface area contributed by atoms with Crippen LogP contribution in [0.3, 0.4) is 0 Å². The highest BCUT2D eigenvalue weighted by Gasteiger charge is 2.38. The van der Waals surface area contributed by atoms with Crippen LogP contribution in [0.4, 0.5) is 0 Å². The number of H-pyrrole nitrogens is 1. The molecule has 3 heteroatoms. The summed E-state index contributed by atoms with van der Waals surface area (Å²) >= 11 is 0. The van der Waals surface area contributed by atoms with Crippen LogP contribution in [0.15, 0.2) is 61.2 Å². The summed E-state index contributed by atoms with van der Waals surface area (Å²) in [5, 5.41) is 0. The zero-order valence-corrected chi connectivity index (χ0v) is 12.0. The van der Waals surface area contributed by atoms with Gasteiger partial charge in [-0.25, -0.2) is 0 Å². The van der Waals surface area contributed by atoms with Gasteiger partial charge < -0.3 is 4.98 Å². The first-order valence-corrected chi connectivity index (χ1v) is 7.66. The summed E-state index contributed by atoms with van der Waals surface area (Å²) in [7, 11) is 0. The van der Waals surface area contributed by atoms with Crippen LogP contribution in [0, 0.1) is 0 Å². The predicted molar refractivity (Wildman–Crippen MR) is 86.5 cm³/mol. The van der Waals surface area contributed by atoms with E-state index in [0.717, 1.165) is 0 Å². The molecule has 3 aromatic rings. The molecule has 0 fully saturated rings. The molecular formula is C19H15N3. The van der Waals surface area contributed by atoms with Crippen LogP contribution in [0.1, 0.15) is 29.4 Å². The van der Waals surface area contributed by atoms with Crippen LogP contribution in [-0.2, 0) is 0 Å². The fraction of sp³-hybridized carbons (Fsp3) is 0.158. The average molecular weight is 285 g/mol. The molecule has 0 aliphatic heterocycles. The van der Waals surface area contributed by atoms with Crippen LogP contribution >= 0.6 is 0 Å². The van der Waals surface area contributed by atoms with Crippen molar-refractivity contribution in [2.75, 3.05) is 0 Å². The molecule has 3 nitrogen and oxygen atoms in total. The summed E-state index contributed by atoms with van der Waals surface area (Å²) in [5.41, 5.74) is 7.89. The van der Waals surface area contributed by atoms with E-state index < -0.39 is 0 Å². The smallest absolute Gasteiger partial charge is 0.0501 e. The third kappa shape index (κ3) is 1.56. The Kier molecular flexibility index (Phi) is 2.39. The van der Waals surface area contributed by atoms with Crippen molar-refractivity contribution < 1.29 is 0 Å². The largest absolute Gasteiger partial charge is 0.354 e. The molecule has 1 N–H and O–H groups in total. The van der Waals surface area contributed by atoms with E-state index in [1.54, 1.807) is 0 Å². The maximum Gasteiger partial charge on any atom is 0.0501 e. The van der Waals surface area contributed by atoms with Crippen molar-refractivity contribution in [3.8, 4) is 22.5 Å². The molecule has 0 spiro atoms. The van der Waals surface area contributed by atoms with E-state index in [4.69, 9.17) is 0 Å². The predicted octanol–water partition coefficient (Wildman–Crippen LogP) is 4.28. The van der Waals surface area contributed by atoms with Gasteiger partial charge in [0.2, 0.25) is 0 Å². The van der Waals surface area contributed by atoms with Crippen molar-refractivity contribution in [2.24, 2.45) is 0 Å². The van der Waals surface area contributed by atoms with Gasteiger partial charge in [0.15, 0.2) is 0 Å². The molecule has 0 radical (unpaired) electrons. The van der Waals surface area contributed by atoms with Gasteiger partial charge in [0.05, 0.1) is 11.4 Å². The minimum Gasteiger partial charge on any atom is -0.354 e. The Morgan fingerprint density at radius 2 is 1.18 bits per heavy atom. The molecule has 2 aliphatic carbocycles. The van der Waals surface area contributed by atoms with Crippen molar-refractivity contribution in [3.05, 3.63) is 72.3 Å². The van der Waals surface area contributed by atoms with Crippen molar-refractivity contribution >= 4 is 0 Å². The molecule has 0 saturated heterocycles. The zero-order chi connectivity index (χ0) is 14.5. The van der Waals surface area contributed by atoms with Crippen LogP contribution in [-0.4, -0.2) is 15.0 Å². The summed E-state index contributed by atoms with van der Waals surface area (Å²) in [6.45, 7) is 0. The molecular weight excluding hydrogens is 270 g/mol. The van der Waals surface area contributed by atoms with Crippen LogP contribution < -0.4 is 0 Å². The molecule has 0 amide bonds. The standard InChI is InChI=1S/C19H15N3/c1-2-15-11-14(1)16-17(15)19(13-5-9-21-10-6-13)22-18(16)12-3-7-20-8-4-12/h1-10,14-15,22H,11H2/t14-,15+. The first-order valence-electron chi connectivity index (χ1n) is 7.66. The van der Waals surface area contributed by atoms with E-state index in [2.05, 4.69) is 51.4 Å². The van der Waals surface area contributed by atoms with Crippen molar-refractivity contribution in [1.82, 2.24) is 15.0 Å². The lowest BCUT2D eigenvalue weighted by Gasteiger charge is -2.08. The van der Waals surface area contributed by atoms with Gasteiger partial charge in [0.1, 0.15) is 0 Å². The van der Waals surface area contributed by atoms with Gasteiger partial charge in [-0.1, -0.05) is 12.2 Å². The normalized spacial score (nSPS) is 21.3. The fourth-order valence-electron chi connectivity index (χ4n) is 3.92. The van der Waals surface area contributed by atoms with Crippen LogP contribution in [0.5, 0.6) is 0 Å². The summed E-state index contributed by atoms with van der Waals surface area (Å²) < 4.78 is 0. The Balaban J connectivity index is 1.78. The minimum absolute atomic E-state index is 0.551. The first kappa shape index (κ1) is 11.9. The lowest BCUT2D eigenvalue weighted by Crippen LogP contribution is -1.91. The topological polar surface area (TPSA) is 41.6 Å².